The summed E-state index contributed by atoms with van der Waals surface area (Å²) in [7, 11) is 1.60. The first-order valence-electron chi connectivity index (χ1n) is 7.29. The molecule has 6 nitrogen and oxygen atoms in total. The molecular formula is C14H27N3O3. The Morgan fingerprint density at radius 1 is 1.35 bits per heavy atom. The molecule has 3 N–H and O–H groups in total. The minimum atomic E-state index is -0.489. The number of carbonyl (C=O) groups is 2. The second-order valence-electron chi connectivity index (χ2n) is 5.65. The van der Waals surface area contributed by atoms with Crippen LogP contribution in [0.1, 0.15) is 33.1 Å². The van der Waals surface area contributed by atoms with Crippen molar-refractivity contribution in [1.29, 1.82) is 0 Å². The van der Waals surface area contributed by atoms with Crippen molar-refractivity contribution in [3.63, 3.8) is 0 Å². The van der Waals surface area contributed by atoms with Gasteiger partial charge in [0.05, 0.1) is 6.04 Å². The molecule has 1 aliphatic rings. The van der Waals surface area contributed by atoms with Gasteiger partial charge in [-0.15, -0.1) is 0 Å². The molecule has 0 aromatic carbocycles. The molecule has 1 aliphatic heterocycles. The fourth-order valence-electron chi connectivity index (χ4n) is 2.21. The van der Waals surface area contributed by atoms with Gasteiger partial charge in [-0.2, -0.15) is 0 Å². The fraction of sp³-hybridized carbons (Fsp3) is 0.857. The highest BCUT2D eigenvalue weighted by Crippen LogP contribution is 2.12. The first kappa shape index (κ1) is 16.9. The highest BCUT2D eigenvalue weighted by molar-refractivity contribution is 5.82. The lowest BCUT2D eigenvalue weighted by Crippen LogP contribution is -2.51. The molecule has 1 heterocycles. The lowest BCUT2D eigenvalue weighted by atomic mass is 10.0. The molecule has 2 amide bonds. The lowest BCUT2D eigenvalue weighted by Gasteiger charge is -2.34. The van der Waals surface area contributed by atoms with Gasteiger partial charge >= 0.3 is 0 Å². The van der Waals surface area contributed by atoms with E-state index in [1.165, 1.54) is 0 Å². The van der Waals surface area contributed by atoms with Crippen LogP contribution in [-0.2, 0) is 14.3 Å². The molecule has 1 saturated heterocycles. The number of ether oxygens (including phenoxy) is 1. The number of methoxy groups -OCH3 is 1. The molecule has 116 valence electrons. The number of piperidine rings is 1. The largest absolute Gasteiger partial charge is 0.385 e. The zero-order chi connectivity index (χ0) is 15.1. The monoisotopic (exact) mass is 285 g/mol. The third-order valence-electron chi connectivity index (χ3n) is 3.63. The topological polar surface area (TPSA) is 84.7 Å². The van der Waals surface area contributed by atoms with Crippen molar-refractivity contribution in [2.45, 2.75) is 45.2 Å². The van der Waals surface area contributed by atoms with Crippen LogP contribution in [0.3, 0.4) is 0 Å². The SMILES string of the molecule is COCCC(N)C(=O)N1CCC(NC(=O)C(C)C)CC1. The lowest BCUT2D eigenvalue weighted by molar-refractivity contribution is -0.134. The van der Waals surface area contributed by atoms with Crippen molar-refractivity contribution in [3.05, 3.63) is 0 Å². The molecule has 0 aliphatic carbocycles. The van der Waals surface area contributed by atoms with Crippen molar-refractivity contribution in [2.24, 2.45) is 11.7 Å². The van der Waals surface area contributed by atoms with Crippen LogP contribution in [0.15, 0.2) is 0 Å². The average molecular weight is 285 g/mol. The molecule has 1 unspecified atom stereocenters. The molecule has 0 saturated carbocycles. The standard InChI is InChI=1S/C14H27N3O3/c1-10(2)13(18)16-11-4-7-17(8-5-11)14(19)12(15)6-9-20-3/h10-12H,4-9,15H2,1-3H3,(H,16,18). The highest BCUT2D eigenvalue weighted by atomic mass is 16.5. The molecule has 0 aromatic rings. The van der Waals surface area contributed by atoms with E-state index in [2.05, 4.69) is 5.32 Å². The number of carbonyl (C=O) groups excluding carboxylic acids is 2. The summed E-state index contributed by atoms with van der Waals surface area (Å²) in [5.74, 6) is 0.0550. The molecule has 0 radical (unpaired) electrons. The van der Waals surface area contributed by atoms with E-state index in [4.69, 9.17) is 10.5 Å². The minimum absolute atomic E-state index is 0.00266. The summed E-state index contributed by atoms with van der Waals surface area (Å²) in [5, 5.41) is 3.01. The van der Waals surface area contributed by atoms with E-state index >= 15 is 0 Å². The average Bonchev–Trinajstić information content (AvgIpc) is 2.44. The third-order valence-corrected chi connectivity index (χ3v) is 3.63. The minimum Gasteiger partial charge on any atom is -0.385 e. The van der Waals surface area contributed by atoms with E-state index in [-0.39, 0.29) is 23.8 Å². The van der Waals surface area contributed by atoms with Crippen molar-refractivity contribution in [2.75, 3.05) is 26.8 Å². The predicted octanol–water partition coefficient (Wildman–Crippen LogP) is 0.113. The third kappa shape index (κ3) is 5.09. The number of nitrogens with zero attached hydrogens (tertiary/aromatic N) is 1. The molecule has 0 bridgehead atoms. The van der Waals surface area contributed by atoms with Gasteiger partial charge in [-0.05, 0) is 19.3 Å². The highest BCUT2D eigenvalue weighted by Gasteiger charge is 2.27. The van der Waals surface area contributed by atoms with Crippen molar-refractivity contribution in [3.8, 4) is 0 Å². The van der Waals surface area contributed by atoms with Crippen molar-refractivity contribution in [1.82, 2.24) is 10.2 Å². The Bertz CT molecular complexity index is 326. The van der Waals surface area contributed by atoms with Crippen molar-refractivity contribution < 1.29 is 14.3 Å². The summed E-state index contributed by atoms with van der Waals surface area (Å²) in [6.07, 6.45) is 2.13. The summed E-state index contributed by atoms with van der Waals surface area (Å²) < 4.78 is 4.93. The van der Waals surface area contributed by atoms with Gasteiger partial charge in [-0.1, -0.05) is 13.8 Å². The first-order valence-corrected chi connectivity index (χ1v) is 7.29. The predicted molar refractivity (Wildman–Crippen MR) is 77.1 cm³/mol. The maximum atomic E-state index is 12.1. The van der Waals surface area contributed by atoms with Gasteiger partial charge in [0.15, 0.2) is 0 Å². The van der Waals surface area contributed by atoms with E-state index in [0.717, 1.165) is 12.8 Å². The number of rotatable bonds is 6. The van der Waals surface area contributed by atoms with Gasteiger partial charge in [0.1, 0.15) is 0 Å². The quantitative estimate of drug-likeness (QED) is 0.725. The Kier molecular flexibility index (Phi) is 6.95. The van der Waals surface area contributed by atoms with Crippen LogP contribution >= 0.6 is 0 Å². The van der Waals surface area contributed by atoms with Crippen molar-refractivity contribution >= 4 is 11.8 Å². The normalized spacial score (nSPS) is 18.1. The number of nitrogens with one attached hydrogen (secondary N) is 1. The van der Waals surface area contributed by atoms with Crippen LogP contribution in [0.5, 0.6) is 0 Å². The van der Waals surface area contributed by atoms with Crippen LogP contribution in [0.2, 0.25) is 0 Å². The second kappa shape index (κ2) is 8.21. The summed E-state index contributed by atoms with van der Waals surface area (Å²) in [4.78, 5) is 25.5. The van der Waals surface area contributed by atoms with Gasteiger partial charge in [-0.25, -0.2) is 0 Å². The summed E-state index contributed by atoms with van der Waals surface area (Å²) in [6, 6.07) is -0.319. The van der Waals surface area contributed by atoms with Crippen LogP contribution in [0, 0.1) is 5.92 Å². The number of likely N-dealkylation sites (tertiary alicyclic amines) is 1. The Balaban J connectivity index is 2.34. The van der Waals surface area contributed by atoms with Crippen LogP contribution in [-0.4, -0.2) is 55.6 Å². The smallest absolute Gasteiger partial charge is 0.239 e. The molecule has 1 atom stereocenters. The van der Waals surface area contributed by atoms with E-state index < -0.39 is 6.04 Å². The maximum Gasteiger partial charge on any atom is 0.239 e. The molecule has 20 heavy (non-hydrogen) atoms. The van der Waals surface area contributed by atoms with E-state index in [1.54, 1.807) is 12.0 Å². The Morgan fingerprint density at radius 2 is 1.95 bits per heavy atom. The molecule has 0 aromatic heterocycles. The van der Waals surface area contributed by atoms with E-state index in [1.807, 2.05) is 13.8 Å². The first-order chi connectivity index (χ1) is 9.45. The van der Waals surface area contributed by atoms with Crippen LogP contribution in [0.4, 0.5) is 0 Å². The zero-order valence-electron chi connectivity index (χ0n) is 12.7. The molecule has 0 spiro atoms. The van der Waals surface area contributed by atoms with Gasteiger partial charge < -0.3 is 20.7 Å². The van der Waals surface area contributed by atoms with Gasteiger partial charge in [0.2, 0.25) is 11.8 Å². The second-order valence-corrected chi connectivity index (χ2v) is 5.65. The molecular weight excluding hydrogens is 258 g/mol. The van der Waals surface area contributed by atoms with Crippen LogP contribution in [0.25, 0.3) is 0 Å². The number of amides is 2. The Hall–Kier alpha value is -1.14. The molecule has 6 heteroatoms. The zero-order valence-corrected chi connectivity index (χ0v) is 12.7. The van der Waals surface area contributed by atoms with Crippen LogP contribution < -0.4 is 11.1 Å². The van der Waals surface area contributed by atoms with Gasteiger partial charge in [0, 0.05) is 38.8 Å². The Labute approximate surface area is 121 Å². The maximum absolute atomic E-state index is 12.1. The van der Waals surface area contributed by atoms with Gasteiger partial charge in [0.25, 0.3) is 0 Å². The molecule has 1 fully saturated rings. The number of nitrogens with two attached hydrogens (primary N) is 1. The van der Waals surface area contributed by atoms with E-state index in [0.29, 0.717) is 26.1 Å². The number of hydrogen-bond acceptors (Lipinski definition) is 4. The van der Waals surface area contributed by atoms with Gasteiger partial charge in [-0.3, -0.25) is 9.59 Å². The summed E-state index contributed by atoms with van der Waals surface area (Å²) in [5.41, 5.74) is 5.85. The molecule has 1 rings (SSSR count). The Morgan fingerprint density at radius 3 is 2.45 bits per heavy atom. The summed E-state index contributed by atoms with van der Waals surface area (Å²) in [6.45, 7) is 5.56. The van der Waals surface area contributed by atoms with E-state index in [9.17, 15) is 9.59 Å². The number of hydrogen-bond donors (Lipinski definition) is 2. The fourth-order valence-corrected chi connectivity index (χ4v) is 2.21. The summed E-state index contributed by atoms with van der Waals surface area (Å²) >= 11 is 0.